The van der Waals surface area contributed by atoms with Crippen LogP contribution in [0.15, 0.2) is 34.1 Å². The second kappa shape index (κ2) is 9.44. The number of nitrogen functional groups attached to an aromatic ring is 2. The number of anilines is 2. The first-order chi connectivity index (χ1) is 11.6. The summed E-state index contributed by atoms with van der Waals surface area (Å²) in [6, 6.07) is 4.39. The van der Waals surface area contributed by atoms with Crippen LogP contribution in [-0.2, 0) is 37.3 Å². The van der Waals surface area contributed by atoms with Crippen LogP contribution in [0.25, 0.3) is 0 Å². The molecule has 2 aromatic rings. The summed E-state index contributed by atoms with van der Waals surface area (Å²) >= 11 is 11.3. The van der Waals surface area contributed by atoms with Crippen molar-refractivity contribution < 1.29 is 43.0 Å². The molecule has 0 aliphatic carbocycles. The minimum Gasteiger partial charge on any atom is -0.744 e. The maximum Gasteiger partial charge on any atom is 2.00 e. The summed E-state index contributed by atoms with van der Waals surface area (Å²) in [5.41, 5.74) is 12.4. The van der Waals surface area contributed by atoms with Gasteiger partial charge in [0.05, 0.1) is 9.79 Å². The summed E-state index contributed by atoms with van der Waals surface area (Å²) in [5.74, 6) is 0. The molecule has 0 spiro atoms. The molecule has 2 aromatic carbocycles. The Labute approximate surface area is 177 Å². The molecule has 0 heterocycles. The van der Waals surface area contributed by atoms with E-state index in [4.69, 9.17) is 34.7 Å². The van der Waals surface area contributed by atoms with E-state index in [-0.39, 0.29) is 38.5 Å². The smallest absolute Gasteiger partial charge is 0.744 e. The molecule has 4 N–H and O–H groups in total. The average molecular weight is 505 g/mol. The molecule has 0 atom stereocenters. The van der Waals surface area contributed by atoms with Gasteiger partial charge in [0.15, 0.2) is 0 Å². The molecule has 0 aromatic heterocycles. The van der Waals surface area contributed by atoms with Gasteiger partial charge in [-0.3, -0.25) is 0 Å². The van der Waals surface area contributed by atoms with Crippen LogP contribution in [0.2, 0.25) is 10.0 Å². The third kappa shape index (κ3) is 7.13. The zero-order valence-electron chi connectivity index (χ0n) is 13.8. The molecule has 2 rings (SSSR count). The Morgan fingerprint density at radius 3 is 1.19 bits per heavy atom. The van der Waals surface area contributed by atoms with Gasteiger partial charge in [-0.05, 0) is 49.2 Å². The molecule has 8 nitrogen and oxygen atoms in total. The molecule has 153 valence electrons. The normalized spacial score (nSPS) is 11.2. The number of halogens is 2. The van der Waals surface area contributed by atoms with Crippen molar-refractivity contribution >= 4 is 54.8 Å². The molecule has 0 aliphatic rings. The molecule has 0 amide bonds. The van der Waals surface area contributed by atoms with E-state index < -0.39 is 30.0 Å². The summed E-state index contributed by atoms with van der Waals surface area (Å²) in [6.07, 6.45) is 0. The van der Waals surface area contributed by atoms with Gasteiger partial charge >= 0.3 is 17.1 Å². The molecule has 13 heteroatoms. The van der Waals surface area contributed by atoms with E-state index in [2.05, 4.69) is 0 Å². The fraction of sp³-hybridized carbons (Fsp3) is 0.143. The number of hydrogen-bond donors (Lipinski definition) is 2. The quantitative estimate of drug-likeness (QED) is 0.357. The Morgan fingerprint density at radius 1 is 0.741 bits per heavy atom. The topological polar surface area (TPSA) is 166 Å². The third-order valence-corrected chi connectivity index (χ3v) is 5.70. The van der Waals surface area contributed by atoms with Crippen molar-refractivity contribution in [1.82, 2.24) is 0 Å². The zero-order valence-corrected chi connectivity index (χ0v) is 17.9. The van der Waals surface area contributed by atoms with Crippen LogP contribution in [0.5, 0.6) is 0 Å². The Bertz CT molecular complexity index is 928. The maximum absolute atomic E-state index is 10.6. The molecule has 0 fully saturated rings. The van der Waals surface area contributed by atoms with Crippen LogP contribution in [-0.4, -0.2) is 25.9 Å². The summed E-state index contributed by atoms with van der Waals surface area (Å²) in [4.78, 5) is -0.804. The first-order valence-corrected chi connectivity index (χ1v) is 10.2. The largest absolute Gasteiger partial charge is 2.00 e. The van der Waals surface area contributed by atoms with E-state index in [0.717, 1.165) is 24.3 Å². The first-order valence-electron chi connectivity index (χ1n) is 6.67. The van der Waals surface area contributed by atoms with Crippen molar-refractivity contribution in [2.45, 2.75) is 23.6 Å². The van der Waals surface area contributed by atoms with E-state index in [1.807, 2.05) is 0 Å². The minimum atomic E-state index is -4.48. The minimum absolute atomic E-state index is 0. The number of nitrogens with two attached hydrogens (primary N) is 2. The summed E-state index contributed by atoms with van der Waals surface area (Å²) in [7, 11) is -8.96. The molecule has 1 radical (unpaired) electrons. The van der Waals surface area contributed by atoms with Gasteiger partial charge in [-0.15, -0.1) is 0 Å². The average Bonchev–Trinajstić information content (AvgIpc) is 2.48. The van der Waals surface area contributed by atoms with Crippen LogP contribution >= 0.6 is 23.2 Å². The zero-order chi connectivity index (χ0) is 20.4. The summed E-state index contributed by atoms with van der Waals surface area (Å²) < 4.78 is 63.5. The van der Waals surface area contributed by atoms with Gasteiger partial charge in [0.2, 0.25) is 0 Å². The van der Waals surface area contributed by atoms with Crippen LogP contribution in [0.4, 0.5) is 11.4 Å². The van der Waals surface area contributed by atoms with Crippen molar-refractivity contribution in [2.24, 2.45) is 0 Å². The monoisotopic (exact) mass is 503 g/mol. The summed E-state index contributed by atoms with van der Waals surface area (Å²) in [6.45, 7) is 3.28. The molecule has 0 bridgehead atoms. The van der Waals surface area contributed by atoms with Gasteiger partial charge < -0.3 is 20.6 Å². The van der Waals surface area contributed by atoms with Crippen molar-refractivity contribution in [3.8, 4) is 0 Å². The number of rotatable bonds is 2. The fourth-order valence-electron chi connectivity index (χ4n) is 1.64. The van der Waals surface area contributed by atoms with Gasteiger partial charge in [-0.25, -0.2) is 16.8 Å². The van der Waals surface area contributed by atoms with Crippen LogP contribution in [0.3, 0.4) is 0 Å². The van der Waals surface area contributed by atoms with Crippen molar-refractivity contribution in [3.63, 3.8) is 0 Å². The van der Waals surface area contributed by atoms with Crippen LogP contribution < -0.4 is 11.5 Å². The van der Waals surface area contributed by atoms with E-state index in [9.17, 15) is 25.9 Å². The van der Waals surface area contributed by atoms with Crippen molar-refractivity contribution in [3.05, 3.63) is 45.4 Å². The maximum atomic E-state index is 10.6. The molecule has 0 saturated heterocycles. The number of hydrogen-bond acceptors (Lipinski definition) is 8. The Hall–Kier alpha value is -1.04. The third-order valence-electron chi connectivity index (χ3n) is 3.29. The molecule has 0 unspecified atom stereocenters. The first kappa shape index (κ1) is 26.0. The van der Waals surface area contributed by atoms with Gasteiger partial charge in [-0.2, -0.15) is 0 Å². The van der Waals surface area contributed by atoms with Crippen LogP contribution in [0, 0.1) is 13.8 Å². The van der Waals surface area contributed by atoms with E-state index in [1.165, 1.54) is 0 Å². The number of benzene rings is 2. The molecular weight excluding hydrogens is 491 g/mol. The van der Waals surface area contributed by atoms with Crippen molar-refractivity contribution in [2.75, 3.05) is 11.5 Å². The standard InChI is InChI=1S/2C7H8ClNO3S.Cu/c2*1-4-6(8)2-5(3-7(4)9)13(10,11)12;/h2*2-3H,9H2,1H3,(H,10,11,12);/q;;+2/p-2. The van der Waals surface area contributed by atoms with E-state index in [0.29, 0.717) is 11.1 Å². The second-order valence-corrected chi connectivity index (χ2v) is 8.72. The molecule has 0 aliphatic heterocycles. The Balaban J connectivity index is 0.000000483. The summed E-state index contributed by atoms with van der Waals surface area (Å²) in [5, 5.41) is 0.351. The fourth-order valence-corrected chi connectivity index (χ4v) is 3.29. The van der Waals surface area contributed by atoms with E-state index >= 15 is 0 Å². The predicted octanol–water partition coefficient (Wildman–Crippen LogP) is 2.27. The molecule has 27 heavy (non-hydrogen) atoms. The second-order valence-electron chi connectivity index (χ2n) is 5.15. The Morgan fingerprint density at radius 2 is 1.00 bits per heavy atom. The van der Waals surface area contributed by atoms with Crippen molar-refractivity contribution in [1.29, 1.82) is 0 Å². The van der Waals surface area contributed by atoms with E-state index in [1.54, 1.807) is 13.8 Å². The van der Waals surface area contributed by atoms with Gasteiger partial charge in [-0.1, -0.05) is 23.2 Å². The SMILES string of the molecule is Cc1c(N)cc(S(=O)(=O)[O-])cc1Cl.Cc1c(N)cc(S(=O)(=O)[O-])cc1Cl.[Cu+2]. The predicted molar refractivity (Wildman–Crippen MR) is 97.1 cm³/mol. The van der Waals surface area contributed by atoms with Gasteiger partial charge in [0.25, 0.3) is 0 Å². The Kier molecular flexibility index (Phi) is 9.08. The molecular formula is C14H14Cl2CuN2O6S2. The van der Waals surface area contributed by atoms with Gasteiger partial charge in [0, 0.05) is 21.4 Å². The molecule has 0 saturated carbocycles. The van der Waals surface area contributed by atoms with Crippen LogP contribution in [0.1, 0.15) is 11.1 Å². The van der Waals surface area contributed by atoms with Gasteiger partial charge in [0.1, 0.15) is 20.2 Å².